The van der Waals surface area contributed by atoms with Crippen LogP contribution in [-0.2, 0) is 6.54 Å². The molecule has 0 aliphatic heterocycles. The van der Waals surface area contributed by atoms with E-state index in [2.05, 4.69) is 6.58 Å². The number of aromatic nitrogens is 2. The van der Waals surface area contributed by atoms with E-state index in [0.717, 1.165) is 16.6 Å². The lowest BCUT2D eigenvalue weighted by Gasteiger charge is -2.05. The highest BCUT2D eigenvalue weighted by Crippen LogP contribution is 2.17. The highest BCUT2D eigenvalue weighted by atomic mass is 16.4. The number of para-hydroxylation sites is 2. The third-order valence-electron chi connectivity index (χ3n) is 3.73. The second-order valence-electron chi connectivity index (χ2n) is 5.43. The fourth-order valence-electron chi connectivity index (χ4n) is 2.72. The molecule has 1 aromatic heterocycles. The van der Waals surface area contributed by atoms with E-state index in [4.69, 9.17) is 5.11 Å². The Morgan fingerprint density at radius 2 is 1.83 bits per heavy atom. The largest absolute Gasteiger partial charge is 0.478 e. The van der Waals surface area contributed by atoms with Crippen molar-refractivity contribution in [3.8, 4) is 0 Å². The molecule has 0 radical (unpaired) electrons. The van der Waals surface area contributed by atoms with Gasteiger partial charge in [-0.3, -0.25) is 9.13 Å². The van der Waals surface area contributed by atoms with Gasteiger partial charge in [0.05, 0.1) is 23.1 Å². The maximum absolute atomic E-state index is 12.7. The van der Waals surface area contributed by atoms with Crippen LogP contribution < -0.4 is 5.69 Å². The molecule has 1 N–H and O–H groups in total. The van der Waals surface area contributed by atoms with Crippen molar-refractivity contribution in [3.63, 3.8) is 0 Å². The van der Waals surface area contributed by atoms with Gasteiger partial charge in [-0.1, -0.05) is 30.8 Å². The van der Waals surface area contributed by atoms with Crippen LogP contribution in [0.1, 0.15) is 22.8 Å². The molecular formula is C18H16N2O3. The monoisotopic (exact) mass is 308 g/mol. The van der Waals surface area contributed by atoms with Crippen molar-refractivity contribution in [2.45, 2.75) is 13.5 Å². The first-order valence-corrected chi connectivity index (χ1v) is 7.17. The number of hydrogen-bond donors (Lipinski definition) is 1. The Kier molecular flexibility index (Phi) is 3.62. The van der Waals surface area contributed by atoms with Gasteiger partial charge in [0, 0.05) is 5.70 Å². The van der Waals surface area contributed by atoms with Gasteiger partial charge >= 0.3 is 11.7 Å². The van der Waals surface area contributed by atoms with Gasteiger partial charge in [0.15, 0.2) is 0 Å². The first-order chi connectivity index (χ1) is 11.0. The van der Waals surface area contributed by atoms with Crippen molar-refractivity contribution in [1.29, 1.82) is 0 Å². The fourth-order valence-corrected chi connectivity index (χ4v) is 2.72. The molecule has 1 heterocycles. The first-order valence-electron chi connectivity index (χ1n) is 7.17. The molecule has 3 rings (SSSR count). The summed E-state index contributed by atoms with van der Waals surface area (Å²) < 4.78 is 3.20. The molecular weight excluding hydrogens is 292 g/mol. The third kappa shape index (κ3) is 2.57. The fraction of sp³-hybridized carbons (Fsp3) is 0.111. The summed E-state index contributed by atoms with van der Waals surface area (Å²) >= 11 is 0. The highest BCUT2D eigenvalue weighted by molar-refractivity contribution is 5.87. The molecule has 0 unspecified atom stereocenters. The van der Waals surface area contributed by atoms with Crippen LogP contribution in [0.2, 0.25) is 0 Å². The number of fused-ring (bicyclic) bond motifs is 1. The summed E-state index contributed by atoms with van der Waals surface area (Å²) in [5.41, 5.74) is 3.01. The number of benzene rings is 2. The van der Waals surface area contributed by atoms with E-state index >= 15 is 0 Å². The molecule has 0 aliphatic carbocycles. The van der Waals surface area contributed by atoms with Crippen LogP contribution >= 0.6 is 0 Å². The number of allylic oxidation sites excluding steroid dienone is 1. The minimum absolute atomic E-state index is 0.181. The Hall–Kier alpha value is -3.08. The summed E-state index contributed by atoms with van der Waals surface area (Å²) in [4.78, 5) is 23.8. The first kappa shape index (κ1) is 14.8. The second-order valence-corrected chi connectivity index (χ2v) is 5.43. The molecule has 3 aromatic rings. The van der Waals surface area contributed by atoms with Crippen molar-refractivity contribution < 1.29 is 9.90 Å². The quantitative estimate of drug-likeness (QED) is 0.805. The summed E-state index contributed by atoms with van der Waals surface area (Å²) in [7, 11) is 0. The third-order valence-corrected chi connectivity index (χ3v) is 3.73. The van der Waals surface area contributed by atoms with Crippen LogP contribution in [0.5, 0.6) is 0 Å². The SMILES string of the molecule is C=C(C)n1c(=O)n(Cc2cccc(C(=O)O)c2)c2ccccc21. The van der Waals surface area contributed by atoms with Crippen molar-refractivity contribution in [3.05, 3.63) is 76.7 Å². The second kappa shape index (κ2) is 5.61. The number of hydrogen-bond acceptors (Lipinski definition) is 2. The molecule has 116 valence electrons. The molecule has 0 fully saturated rings. The zero-order chi connectivity index (χ0) is 16.6. The lowest BCUT2D eigenvalue weighted by molar-refractivity contribution is 0.0696. The van der Waals surface area contributed by atoms with Gasteiger partial charge in [-0.25, -0.2) is 9.59 Å². The van der Waals surface area contributed by atoms with E-state index in [-0.39, 0.29) is 11.3 Å². The lowest BCUT2D eigenvalue weighted by atomic mass is 10.1. The van der Waals surface area contributed by atoms with Gasteiger partial charge in [-0.15, -0.1) is 0 Å². The number of carboxylic acid groups (broad SMARTS) is 1. The standard InChI is InChI=1S/C18H16N2O3/c1-12(2)20-16-9-4-3-8-15(16)19(18(20)23)11-13-6-5-7-14(10-13)17(21)22/h3-10H,1,11H2,2H3,(H,21,22). The lowest BCUT2D eigenvalue weighted by Crippen LogP contribution is -2.23. The van der Waals surface area contributed by atoms with Crippen LogP contribution in [0.25, 0.3) is 16.7 Å². The molecule has 0 amide bonds. The Morgan fingerprint density at radius 1 is 1.13 bits per heavy atom. The molecule has 0 atom stereocenters. The molecule has 2 aromatic carbocycles. The minimum atomic E-state index is -0.983. The number of imidazole rings is 1. The van der Waals surface area contributed by atoms with Gasteiger partial charge < -0.3 is 5.11 Å². The highest BCUT2D eigenvalue weighted by Gasteiger charge is 2.14. The average molecular weight is 308 g/mol. The number of nitrogens with zero attached hydrogens (tertiary/aromatic N) is 2. The summed E-state index contributed by atoms with van der Waals surface area (Å²) in [5, 5.41) is 9.09. The Labute approximate surface area is 132 Å². The van der Waals surface area contributed by atoms with Gasteiger partial charge in [-0.05, 0) is 36.8 Å². The molecule has 0 bridgehead atoms. The Bertz CT molecular complexity index is 979. The molecule has 0 spiro atoms. The number of aromatic carboxylic acids is 1. The molecule has 5 nitrogen and oxygen atoms in total. The molecule has 0 saturated carbocycles. The summed E-state index contributed by atoms with van der Waals surface area (Å²) in [6, 6.07) is 14.1. The van der Waals surface area contributed by atoms with Crippen LogP contribution in [-0.4, -0.2) is 20.2 Å². The van der Waals surface area contributed by atoms with Gasteiger partial charge in [0.25, 0.3) is 0 Å². The molecule has 5 heteroatoms. The average Bonchev–Trinajstić information content (AvgIpc) is 2.80. The normalized spacial score (nSPS) is 10.8. The zero-order valence-electron chi connectivity index (χ0n) is 12.7. The van der Waals surface area contributed by atoms with Crippen LogP contribution in [0.15, 0.2) is 59.9 Å². The predicted octanol–water partition coefficient (Wildman–Crippen LogP) is 3.04. The summed E-state index contributed by atoms with van der Waals surface area (Å²) in [5.74, 6) is -0.983. The Morgan fingerprint density at radius 3 is 2.48 bits per heavy atom. The van der Waals surface area contributed by atoms with Crippen molar-refractivity contribution in [1.82, 2.24) is 9.13 Å². The van der Waals surface area contributed by atoms with Crippen molar-refractivity contribution >= 4 is 22.7 Å². The molecule has 0 saturated heterocycles. The van der Waals surface area contributed by atoms with E-state index in [1.54, 1.807) is 28.2 Å². The van der Waals surface area contributed by atoms with E-state index in [9.17, 15) is 9.59 Å². The zero-order valence-corrected chi connectivity index (χ0v) is 12.7. The smallest absolute Gasteiger partial charge is 0.335 e. The summed E-state index contributed by atoms with van der Waals surface area (Å²) in [6.07, 6.45) is 0. The van der Waals surface area contributed by atoms with Gasteiger partial charge in [-0.2, -0.15) is 0 Å². The van der Waals surface area contributed by atoms with Crippen LogP contribution in [0, 0.1) is 0 Å². The van der Waals surface area contributed by atoms with Gasteiger partial charge in [0.2, 0.25) is 0 Å². The van der Waals surface area contributed by atoms with E-state index in [0.29, 0.717) is 12.2 Å². The topological polar surface area (TPSA) is 64.2 Å². The molecule has 0 aliphatic rings. The number of carbonyl (C=O) groups is 1. The van der Waals surface area contributed by atoms with Crippen LogP contribution in [0.4, 0.5) is 0 Å². The summed E-state index contributed by atoms with van der Waals surface area (Å²) in [6.45, 7) is 5.95. The maximum atomic E-state index is 12.7. The minimum Gasteiger partial charge on any atom is -0.478 e. The van der Waals surface area contributed by atoms with E-state index in [1.165, 1.54) is 6.07 Å². The van der Waals surface area contributed by atoms with E-state index in [1.807, 2.05) is 30.3 Å². The number of rotatable bonds is 4. The van der Waals surface area contributed by atoms with Crippen molar-refractivity contribution in [2.75, 3.05) is 0 Å². The molecule has 23 heavy (non-hydrogen) atoms. The van der Waals surface area contributed by atoms with E-state index < -0.39 is 5.97 Å². The van der Waals surface area contributed by atoms with Gasteiger partial charge in [0.1, 0.15) is 0 Å². The Balaban J connectivity index is 2.16. The predicted molar refractivity (Wildman–Crippen MR) is 89.7 cm³/mol. The van der Waals surface area contributed by atoms with Crippen LogP contribution in [0.3, 0.4) is 0 Å². The maximum Gasteiger partial charge on any atom is 0.335 e. The number of carboxylic acids is 1. The van der Waals surface area contributed by atoms with Crippen molar-refractivity contribution in [2.24, 2.45) is 0 Å².